The van der Waals surface area contributed by atoms with Crippen molar-refractivity contribution in [1.82, 2.24) is 20.9 Å². The summed E-state index contributed by atoms with van der Waals surface area (Å²) in [5.41, 5.74) is 1.36. The second kappa shape index (κ2) is 12.8. The average Bonchev–Trinajstić information content (AvgIpc) is 3.10. The van der Waals surface area contributed by atoms with Crippen LogP contribution >= 0.6 is 24.0 Å². The molecule has 1 saturated carbocycles. The highest BCUT2D eigenvalue weighted by Gasteiger charge is 2.47. The van der Waals surface area contributed by atoms with Gasteiger partial charge in [-0.25, -0.2) is 0 Å². The van der Waals surface area contributed by atoms with E-state index >= 15 is 0 Å². The highest BCUT2D eigenvalue weighted by molar-refractivity contribution is 8.02. The maximum atomic E-state index is 13.6. The van der Waals surface area contributed by atoms with Crippen LogP contribution in [0.4, 0.5) is 0 Å². The van der Waals surface area contributed by atoms with Gasteiger partial charge in [-0.05, 0) is 64.9 Å². The van der Waals surface area contributed by atoms with Crippen LogP contribution in [-0.4, -0.2) is 56.6 Å². The molecule has 3 fully saturated rings. The molecule has 206 valence electrons. The SMILES string of the molecule is CC1(C)N[C@@H](C(=S)N[C@H](CCC2CCCCC2)C(=O)NC2CCN(Cc3ccccc3)CC2)C(C)(C)S1. The van der Waals surface area contributed by atoms with Gasteiger partial charge in [0.05, 0.1) is 15.9 Å². The molecular weight excluding hydrogens is 496 g/mol. The lowest BCUT2D eigenvalue weighted by atomic mass is 9.85. The van der Waals surface area contributed by atoms with Gasteiger partial charge in [-0.15, -0.1) is 11.8 Å². The van der Waals surface area contributed by atoms with Crippen LogP contribution in [0.5, 0.6) is 0 Å². The summed E-state index contributed by atoms with van der Waals surface area (Å²) in [4.78, 5) is 16.9. The standard InChI is InChI=1S/C30H48N4OS2/c1-29(2)26(33-30(3,4)37-29)28(36)32-25(16-15-22-11-7-5-8-12-22)27(35)31-24-17-19-34(20-18-24)21-23-13-9-6-10-14-23/h6,9-10,13-14,22,24-26,33H,5,7-8,11-12,15-21H2,1-4H3,(H,31,35)(H,32,36)/t25-,26+/m1/s1. The predicted octanol–water partition coefficient (Wildman–Crippen LogP) is 5.63. The third-order valence-electron chi connectivity index (χ3n) is 8.37. The molecule has 0 spiro atoms. The maximum absolute atomic E-state index is 13.6. The number of thioether (sulfide) groups is 1. The molecule has 1 aromatic rings. The van der Waals surface area contributed by atoms with Crippen LogP contribution in [-0.2, 0) is 11.3 Å². The minimum absolute atomic E-state index is 0.0242. The molecule has 0 bridgehead atoms. The maximum Gasteiger partial charge on any atom is 0.242 e. The Balaban J connectivity index is 1.33. The van der Waals surface area contributed by atoms with Crippen molar-refractivity contribution < 1.29 is 4.79 Å². The first kappa shape index (κ1) is 28.8. The molecule has 2 heterocycles. The van der Waals surface area contributed by atoms with E-state index in [2.05, 4.69) is 78.9 Å². The van der Waals surface area contributed by atoms with Crippen LogP contribution in [0.15, 0.2) is 30.3 Å². The first-order chi connectivity index (χ1) is 17.6. The van der Waals surface area contributed by atoms with Gasteiger partial charge in [-0.2, -0.15) is 0 Å². The van der Waals surface area contributed by atoms with Crippen LogP contribution in [0, 0.1) is 5.92 Å². The summed E-state index contributed by atoms with van der Waals surface area (Å²) in [6.07, 6.45) is 10.6. The van der Waals surface area contributed by atoms with Gasteiger partial charge >= 0.3 is 0 Å². The Labute approximate surface area is 234 Å². The zero-order chi connectivity index (χ0) is 26.5. The Morgan fingerprint density at radius 3 is 2.38 bits per heavy atom. The van der Waals surface area contributed by atoms with Crippen molar-refractivity contribution >= 4 is 34.9 Å². The molecule has 4 rings (SSSR count). The Morgan fingerprint density at radius 1 is 1.08 bits per heavy atom. The highest BCUT2D eigenvalue weighted by Crippen LogP contribution is 2.44. The monoisotopic (exact) mass is 544 g/mol. The number of thiocarbonyl (C=S) groups is 1. The second-order valence-electron chi connectivity index (χ2n) is 12.5. The van der Waals surface area contributed by atoms with Crippen molar-refractivity contribution in [2.75, 3.05) is 13.1 Å². The van der Waals surface area contributed by atoms with Crippen molar-refractivity contribution in [2.45, 2.75) is 120 Å². The first-order valence-electron chi connectivity index (χ1n) is 14.5. The Morgan fingerprint density at radius 2 is 1.76 bits per heavy atom. The fourth-order valence-electron chi connectivity index (χ4n) is 6.43. The molecule has 0 radical (unpaired) electrons. The van der Waals surface area contributed by atoms with Crippen LogP contribution in [0.2, 0.25) is 0 Å². The van der Waals surface area contributed by atoms with E-state index in [9.17, 15) is 4.79 Å². The molecule has 3 N–H and O–H groups in total. The fourth-order valence-corrected chi connectivity index (χ4v) is 8.79. The summed E-state index contributed by atoms with van der Waals surface area (Å²) >= 11 is 7.86. The second-order valence-corrected chi connectivity index (χ2v) is 15.2. The van der Waals surface area contributed by atoms with E-state index in [1.54, 1.807) is 0 Å². The molecule has 0 aromatic heterocycles. The Bertz CT molecular complexity index is 892. The number of nitrogens with zero attached hydrogens (tertiary/aromatic N) is 1. The van der Waals surface area contributed by atoms with Crippen LogP contribution in [0.3, 0.4) is 0 Å². The number of carbonyl (C=O) groups is 1. The zero-order valence-corrected chi connectivity index (χ0v) is 25.0. The number of nitrogens with one attached hydrogen (secondary N) is 3. The molecule has 5 nitrogen and oxygen atoms in total. The molecule has 1 aromatic carbocycles. The van der Waals surface area contributed by atoms with E-state index in [1.807, 2.05) is 11.8 Å². The predicted molar refractivity (Wildman–Crippen MR) is 161 cm³/mol. The van der Waals surface area contributed by atoms with Crippen LogP contribution < -0.4 is 16.0 Å². The van der Waals surface area contributed by atoms with Gasteiger partial charge in [0.2, 0.25) is 5.91 Å². The lowest BCUT2D eigenvalue weighted by Gasteiger charge is -2.34. The zero-order valence-electron chi connectivity index (χ0n) is 23.4. The molecule has 1 aliphatic carbocycles. The summed E-state index contributed by atoms with van der Waals surface area (Å²) in [5.74, 6) is 0.874. The van der Waals surface area contributed by atoms with Crippen molar-refractivity contribution in [1.29, 1.82) is 0 Å². The molecule has 3 aliphatic rings. The summed E-state index contributed by atoms with van der Waals surface area (Å²) in [7, 11) is 0. The van der Waals surface area contributed by atoms with Gasteiger partial charge in [0.25, 0.3) is 0 Å². The summed E-state index contributed by atoms with van der Waals surface area (Å²) in [6, 6.07) is 10.7. The van der Waals surface area contributed by atoms with Gasteiger partial charge in [0.1, 0.15) is 6.04 Å². The van der Waals surface area contributed by atoms with Gasteiger partial charge in [0, 0.05) is 30.4 Å². The quantitative estimate of drug-likeness (QED) is 0.350. The Kier molecular flexibility index (Phi) is 9.98. The van der Waals surface area contributed by atoms with Crippen LogP contribution in [0.1, 0.15) is 91.0 Å². The number of likely N-dealkylation sites (tertiary alicyclic amines) is 1. The van der Waals surface area contributed by atoms with Gasteiger partial charge < -0.3 is 10.6 Å². The van der Waals surface area contributed by atoms with Gasteiger partial charge in [-0.3, -0.25) is 15.0 Å². The number of rotatable bonds is 9. The third-order valence-corrected chi connectivity index (χ3v) is 10.1. The normalized spacial score (nSPS) is 25.5. The van der Waals surface area contributed by atoms with Crippen molar-refractivity contribution in [3.05, 3.63) is 35.9 Å². The van der Waals surface area contributed by atoms with Gasteiger partial charge in [0.15, 0.2) is 0 Å². The van der Waals surface area contributed by atoms with E-state index in [0.29, 0.717) is 0 Å². The van der Waals surface area contributed by atoms with Crippen molar-refractivity contribution in [3.8, 4) is 0 Å². The minimum atomic E-state index is -0.261. The average molecular weight is 545 g/mol. The van der Waals surface area contributed by atoms with Crippen LogP contribution in [0.25, 0.3) is 0 Å². The number of hydrogen-bond acceptors (Lipinski definition) is 5. The smallest absolute Gasteiger partial charge is 0.242 e. The molecule has 2 aliphatic heterocycles. The molecule has 1 amide bonds. The molecular formula is C30H48N4OS2. The fraction of sp³-hybridized carbons (Fsp3) is 0.733. The van der Waals surface area contributed by atoms with E-state index in [4.69, 9.17) is 12.2 Å². The topological polar surface area (TPSA) is 56.4 Å². The number of carbonyl (C=O) groups excluding carboxylic acids is 1. The third kappa shape index (κ3) is 8.42. The van der Waals surface area contributed by atoms with E-state index in [0.717, 1.165) is 56.2 Å². The Hall–Kier alpha value is -1.15. The number of piperidine rings is 1. The van der Waals surface area contributed by atoms with Crippen molar-refractivity contribution in [2.24, 2.45) is 5.92 Å². The summed E-state index contributed by atoms with van der Waals surface area (Å²) in [6.45, 7) is 11.9. The number of hydrogen-bond donors (Lipinski definition) is 3. The highest BCUT2D eigenvalue weighted by atomic mass is 32.2. The molecule has 0 unspecified atom stereocenters. The molecule has 2 atom stereocenters. The summed E-state index contributed by atoms with van der Waals surface area (Å²) < 4.78 is -0.0242. The lowest BCUT2D eigenvalue weighted by Crippen LogP contribution is -2.57. The summed E-state index contributed by atoms with van der Waals surface area (Å²) in [5, 5.41) is 10.7. The van der Waals surface area contributed by atoms with Gasteiger partial charge in [-0.1, -0.05) is 74.7 Å². The minimum Gasteiger partial charge on any atom is -0.367 e. The van der Waals surface area contributed by atoms with E-state index < -0.39 is 0 Å². The first-order valence-corrected chi connectivity index (χ1v) is 15.7. The number of benzene rings is 1. The van der Waals surface area contributed by atoms with E-state index in [1.165, 1.54) is 37.7 Å². The molecule has 37 heavy (non-hydrogen) atoms. The molecule has 2 saturated heterocycles. The molecule has 7 heteroatoms. The van der Waals surface area contributed by atoms with Crippen molar-refractivity contribution in [3.63, 3.8) is 0 Å². The van der Waals surface area contributed by atoms with E-state index in [-0.39, 0.29) is 33.7 Å². The lowest BCUT2D eigenvalue weighted by molar-refractivity contribution is -0.124. The number of amides is 1. The largest absolute Gasteiger partial charge is 0.367 e.